The molecule has 1 N–H and O–H groups in total. The van der Waals surface area contributed by atoms with Crippen LogP contribution in [0.25, 0.3) is 0 Å². The van der Waals surface area contributed by atoms with Crippen molar-refractivity contribution in [2.24, 2.45) is 5.92 Å². The number of nitrogens with one attached hydrogen (secondary N) is 1. The Hall–Kier alpha value is -0.570. The second kappa shape index (κ2) is 4.12. The second-order valence-electron chi connectivity index (χ2n) is 4.88. The third-order valence-corrected chi connectivity index (χ3v) is 3.82. The third-order valence-electron chi connectivity index (χ3n) is 3.82. The van der Waals surface area contributed by atoms with Crippen molar-refractivity contribution >= 4 is 5.91 Å². The molecular weight excluding hydrogens is 188 g/mol. The van der Waals surface area contributed by atoms with Gasteiger partial charge in [-0.05, 0) is 38.5 Å². The van der Waals surface area contributed by atoms with Crippen molar-refractivity contribution in [3.05, 3.63) is 0 Å². The predicted molar refractivity (Wildman–Crippen MR) is 60.3 cm³/mol. The van der Waals surface area contributed by atoms with E-state index in [-0.39, 0.29) is 12.2 Å². The van der Waals surface area contributed by atoms with Gasteiger partial charge in [-0.2, -0.15) is 0 Å². The van der Waals surface area contributed by atoms with Gasteiger partial charge < -0.3 is 4.90 Å². The maximum Gasteiger partial charge on any atom is 0.241 e. The molecule has 0 aromatic carbocycles. The molecule has 1 aliphatic carbocycles. The Balaban J connectivity index is 2.09. The van der Waals surface area contributed by atoms with E-state index in [0.717, 1.165) is 18.8 Å². The Morgan fingerprint density at radius 3 is 2.53 bits per heavy atom. The minimum atomic E-state index is 0.0659. The van der Waals surface area contributed by atoms with Crippen molar-refractivity contribution in [3.63, 3.8) is 0 Å². The lowest BCUT2D eigenvalue weighted by Gasteiger charge is -2.29. The number of carbonyl (C=O) groups is 1. The summed E-state index contributed by atoms with van der Waals surface area (Å²) in [5.74, 6) is 1.09. The molecule has 3 heteroatoms. The van der Waals surface area contributed by atoms with E-state index in [1.807, 2.05) is 0 Å². The number of carbonyl (C=O) groups excluding carboxylic acids is 1. The zero-order chi connectivity index (χ0) is 11.0. The number of nitrogens with zero attached hydrogens (tertiary/aromatic N) is 1. The maximum absolute atomic E-state index is 12.1. The van der Waals surface area contributed by atoms with E-state index in [2.05, 4.69) is 31.0 Å². The van der Waals surface area contributed by atoms with E-state index in [0.29, 0.717) is 11.9 Å². The molecule has 0 aromatic rings. The van der Waals surface area contributed by atoms with Crippen LogP contribution in [-0.2, 0) is 4.79 Å². The molecule has 2 aliphatic rings. The highest BCUT2D eigenvalue weighted by atomic mass is 16.2. The van der Waals surface area contributed by atoms with Gasteiger partial charge in [0.2, 0.25) is 5.91 Å². The Bertz CT molecular complexity index is 250. The fraction of sp³-hybridized carbons (Fsp3) is 0.917. The quantitative estimate of drug-likeness (QED) is 0.766. The van der Waals surface area contributed by atoms with Gasteiger partial charge in [-0.1, -0.05) is 13.8 Å². The van der Waals surface area contributed by atoms with E-state index in [9.17, 15) is 4.79 Å². The number of rotatable bonds is 4. The molecule has 3 unspecified atom stereocenters. The number of hydrogen-bond acceptors (Lipinski definition) is 2. The molecule has 2 rings (SSSR count). The Kier molecular flexibility index (Phi) is 3.01. The minimum Gasteiger partial charge on any atom is -0.323 e. The van der Waals surface area contributed by atoms with Crippen LogP contribution in [0.2, 0.25) is 0 Å². The van der Waals surface area contributed by atoms with Gasteiger partial charge >= 0.3 is 0 Å². The van der Waals surface area contributed by atoms with Crippen molar-refractivity contribution in [2.45, 2.75) is 64.7 Å². The van der Waals surface area contributed by atoms with Crippen molar-refractivity contribution in [3.8, 4) is 0 Å². The van der Waals surface area contributed by atoms with Gasteiger partial charge in [0.25, 0.3) is 0 Å². The van der Waals surface area contributed by atoms with Crippen LogP contribution in [0.4, 0.5) is 0 Å². The molecule has 0 bridgehead atoms. The summed E-state index contributed by atoms with van der Waals surface area (Å²) >= 11 is 0. The number of hydrogen-bond donors (Lipinski definition) is 1. The van der Waals surface area contributed by atoms with Crippen LogP contribution in [0.15, 0.2) is 0 Å². The lowest BCUT2D eigenvalue weighted by Crippen LogP contribution is -2.43. The highest BCUT2D eigenvalue weighted by Gasteiger charge is 2.43. The normalized spacial score (nSPS) is 33.5. The molecule has 15 heavy (non-hydrogen) atoms. The fourth-order valence-electron chi connectivity index (χ4n) is 2.61. The summed E-state index contributed by atoms with van der Waals surface area (Å²) in [6.45, 7) is 6.43. The van der Waals surface area contributed by atoms with Gasteiger partial charge in [-0.25, -0.2) is 0 Å². The molecule has 1 saturated carbocycles. The summed E-state index contributed by atoms with van der Waals surface area (Å²) in [5, 5.41) is 3.43. The zero-order valence-electron chi connectivity index (χ0n) is 9.99. The molecule has 0 radical (unpaired) electrons. The summed E-state index contributed by atoms with van der Waals surface area (Å²) in [6.07, 6.45) is 4.80. The average Bonchev–Trinajstić information content (AvgIpc) is 3.02. The predicted octanol–water partition coefficient (Wildman–Crippen LogP) is 1.73. The SMILES string of the molecule is CCC1NC(CC)N(C(C)C2CC2)C1=O. The summed E-state index contributed by atoms with van der Waals surface area (Å²) in [6, 6.07) is 0.502. The van der Waals surface area contributed by atoms with Gasteiger partial charge in [-0.15, -0.1) is 0 Å². The first-order valence-corrected chi connectivity index (χ1v) is 6.27. The second-order valence-corrected chi connectivity index (χ2v) is 4.88. The average molecular weight is 210 g/mol. The summed E-state index contributed by atoms with van der Waals surface area (Å²) < 4.78 is 0. The van der Waals surface area contributed by atoms with E-state index in [1.165, 1.54) is 12.8 Å². The Morgan fingerprint density at radius 1 is 1.40 bits per heavy atom. The first kappa shape index (κ1) is 10.9. The molecule has 1 saturated heterocycles. The van der Waals surface area contributed by atoms with E-state index < -0.39 is 0 Å². The molecule has 1 heterocycles. The van der Waals surface area contributed by atoms with Crippen LogP contribution in [-0.4, -0.2) is 29.1 Å². The standard InChI is InChI=1S/C12H22N2O/c1-4-10-12(15)14(11(5-2)13-10)8(3)9-6-7-9/h8-11,13H,4-7H2,1-3H3. The molecule has 0 aromatic heterocycles. The van der Waals surface area contributed by atoms with Crippen LogP contribution in [0.3, 0.4) is 0 Å². The molecule has 0 spiro atoms. The molecule has 2 fully saturated rings. The lowest BCUT2D eigenvalue weighted by molar-refractivity contribution is -0.132. The molecular formula is C12H22N2O. The Morgan fingerprint density at radius 2 is 2.07 bits per heavy atom. The number of amides is 1. The molecule has 1 amide bonds. The monoisotopic (exact) mass is 210 g/mol. The zero-order valence-corrected chi connectivity index (χ0v) is 9.99. The minimum absolute atomic E-state index is 0.0659. The smallest absolute Gasteiger partial charge is 0.241 e. The Labute approximate surface area is 92.2 Å². The largest absolute Gasteiger partial charge is 0.323 e. The fourth-order valence-corrected chi connectivity index (χ4v) is 2.61. The summed E-state index contributed by atoms with van der Waals surface area (Å²) in [4.78, 5) is 14.2. The maximum atomic E-state index is 12.1. The van der Waals surface area contributed by atoms with Crippen LogP contribution in [0.5, 0.6) is 0 Å². The summed E-state index contributed by atoms with van der Waals surface area (Å²) in [5.41, 5.74) is 0. The van der Waals surface area contributed by atoms with E-state index in [4.69, 9.17) is 0 Å². The van der Waals surface area contributed by atoms with Gasteiger partial charge in [-0.3, -0.25) is 10.1 Å². The molecule has 86 valence electrons. The first-order valence-electron chi connectivity index (χ1n) is 6.27. The van der Waals surface area contributed by atoms with Gasteiger partial charge in [0.15, 0.2) is 0 Å². The first-order chi connectivity index (χ1) is 7.19. The third kappa shape index (κ3) is 1.89. The van der Waals surface area contributed by atoms with Crippen molar-refractivity contribution in [2.75, 3.05) is 0 Å². The van der Waals surface area contributed by atoms with Gasteiger partial charge in [0, 0.05) is 6.04 Å². The van der Waals surface area contributed by atoms with Crippen LogP contribution < -0.4 is 5.32 Å². The molecule has 1 aliphatic heterocycles. The highest BCUT2D eigenvalue weighted by molar-refractivity contribution is 5.84. The highest BCUT2D eigenvalue weighted by Crippen LogP contribution is 2.37. The van der Waals surface area contributed by atoms with Crippen molar-refractivity contribution in [1.82, 2.24) is 10.2 Å². The summed E-state index contributed by atoms with van der Waals surface area (Å²) in [7, 11) is 0. The van der Waals surface area contributed by atoms with E-state index >= 15 is 0 Å². The lowest BCUT2D eigenvalue weighted by atomic mass is 10.1. The molecule has 3 nitrogen and oxygen atoms in total. The van der Waals surface area contributed by atoms with Crippen LogP contribution >= 0.6 is 0 Å². The van der Waals surface area contributed by atoms with Gasteiger partial charge in [0.05, 0.1) is 12.2 Å². The van der Waals surface area contributed by atoms with Gasteiger partial charge in [0.1, 0.15) is 0 Å². The molecule has 3 atom stereocenters. The van der Waals surface area contributed by atoms with Crippen molar-refractivity contribution < 1.29 is 4.79 Å². The van der Waals surface area contributed by atoms with Crippen molar-refractivity contribution in [1.29, 1.82) is 0 Å². The van der Waals surface area contributed by atoms with Crippen LogP contribution in [0, 0.1) is 5.92 Å². The van der Waals surface area contributed by atoms with E-state index in [1.54, 1.807) is 0 Å². The van der Waals surface area contributed by atoms with Crippen LogP contribution in [0.1, 0.15) is 46.5 Å². The topological polar surface area (TPSA) is 32.3 Å².